The summed E-state index contributed by atoms with van der Waals surface area (Å²) >= 11 is 1.61. The average molecular weight is 364 g/mol. The Morgan fingerprint density at radius 1 is 1.04 bits per heavy atom. The van der Waals surface area contributed by atoms with Crippen molar-refractivity contribution < 1.29 is 8.42 Å². The SMILES string of the molecule is O=S(=O)(c1ccc(SCCc2ccccn2)nc1)N1CCCCC1. The van der Waals surface area contributed by atoms with Gasteiger partial charge in [0.15, 0.2) is 0 Å². The second-order valence-electron chi connectivity index (χ2n) is 5.72. The standard InChI is InChI=1S/C17H21N3O2S2/c21-24(22,20-11-4-1-5-12-20)16-7-8-17(19-14-16)23-13-9-15-6-2-3-10-18-15/h2-3,6-8,10,14H,1,4-5,9,11-13H2. The van der Waals surface area contributed by atoms with Gasteiger partial charge in [0, 0.05) is 36.9 Å². The molecule has 1 aliphatic heterocycles. The maximum Gasteiger partial charge on any atom is 0.244 e. The molecule has 0 aromatic carbocycles. The molecular weight excluding hydrogens is 342 g/mol. The molecule has 0 amide bonds. The van der Waals surface area contributed by atoms with Gasteiger partial charge in [-0.2, -0.15) is 4.31 Å². The predicted octanol–water partition coefficient (Wildman–Crippen LogP) is 2.99. The second kappa shape index (κ2) is 8.09. The molecule has 0 saturated carbocycles. The van der Waals surface area contributed by atoms with Crippen molar-refractivity contribution in [3.63, 3.8) is 0 Å². The zero-order valence-electron chi connectivity index (χ0n) is 13.5. The van der Waals surface area contributed by atoms with Crippen LogP contribution in [0.15, 0.2) is 52.6 Å². The summed E-state index contributed by atoms with van der Waals surface area (Å²) in [7, 11) is -3.39. The predicted molar refractivity (Wildman–Crippen MR) is 95.5 cm³/mol. The summed E-state index contributed by atoms with van der Waals surface area (Å²) in [5, 5.41) is 0.837. The van der Waals surface area contributed by atoms with Crippen LogP contribution >= 0.6 is 11.8 Å². The minimum Gasteiger partial charge on any atom is -0.261 e. The largest absolute Gasteiger partial charge is 0.261 e. The lowest BCUT2D eigenvalue weighted by Crippen LogP contribution is -2.35. The summed E-state index contributed by atoms with van der Waals surface area (Å²) in [6.07, 6.45) is 7.12. The minimum absolute atomic E-state index is 0.290. The number of pyridine rings is 2. The number of thioether (sulfide) groups is 1. The summed E-state index contributed by atoms with van der Waals surface area (Å²) in [6, 6.07) is 9.34. The summed E-state index contributed by atoms with van der Waals surface area (Å²) in [4.78, 5) is 8.89. The van der Waals surface area contributed by atoms with Gasteiger partial charge in [0.2, 0.25) is 10.0 Å². The van der Waals surface area contributed by atoms with Crippen LogP contribution in [0.2, 0.25) is 0 Å². The summed E-state index contributed by atoms with van der Waals surface area (Å²) < 4.78 is 26.7. The molecule has 2 aromatic rings. The Hall–Kier alpha value is -1.44. The Bertz CT molecular complexity index is 743. The topological polar surface area (TPSA) is 63.2 Å². The van der Waals surface area contributed by atoms with Crippen molar-refractivity contribution in [2.45, 2.75) is 35.6 Å². The second-order valence-corrected chi connectivity index (χ2v) is 8.77. The first-order valence-electron chi connectivity index (χ1n) is 8.15. The third-order valence-corrected chi connectivity index (χ3v) is 6.82. The first kappa shape index (κ1) is 17.4. The highest BCUT2D eigenvalue weighted by Gasteiger charge is 2.26. The number of aromatic nitrogens is 2. The highest BCUT2D eigenvalue weighted by Crippen LogP contribution is 2.22. The molecule has 24 heavy (non-hydrogen) atoms. The molecule has 5 nitrogen and oxygen atoms in total. The van der Waals surface area contributed by atoms with Crippen molar-refractivity contribution in [3.8, 4) is 0 Å². The van der Waals surface area contributed by atoms with Gasteiger partial charge in [-0.1, -0.05) is 12.5 Å². The van der Waals surface area contributed by atoms with Crippen molar-refractivity contribution in [1.29, 1.82) is 0 Å². The number of piperidine rings is 1. The number of aryl methyl sites for hydroxylation is 1. The number of nitrogens with zero attached hydrogens (tertiary/aromatic N) is 3. The van der Waals surface area contributed by atoms with Crippen LogP contribution in [-0.4, -0.2) is 41.5 Å². The molecule has 1 aliphatic rings. The average Bonchev–Trinajstić information content (AvgIpc) is 2.64. The van der Waals surface area contributed by atoms with E-state index in [9.17, 15) is 8.42 Å². The van der Waals surface area contributed by atoms with E-state index in [4.69, 9.17) is 0 Å². The Morgan fingerprint density at radius 3 is 2.54 bits per heavy atom. The molecular formula is C17H21N3O2S2. The van der Waals surface area contributed by atoms with Crippen molar-refractivity contribution in [2.24, 2.45) is 0 Å². The fourth-order valence-corrected chi connectivity index (χ4v) is 4.94. The van der Waals surface area contributed by atoms with Crippen LogP contribution in [0.5, 0.6) is 0 Å². The van der Waals surface area contributed by atoms with Crippen molar-refractivity contribution in [1.82, 2.24) is 14.3 Å². The van der Waals surface area contributed by atoms with Crippen molar-refractivity contribution >= 4 is 21.8 Å². The molecule has 128 valence electrons. The molecule has 0 unspecified atom stereocenters. The van der Waals surface area contributed by atoms with E-state index >= 15 is 0 Å². The summed E-state index contributed by atoms with van der Waals surface area (Å²) in [5.41, 5.74) is 1.05. The zero-order chi connectivity index (χ0) is 16.8. The van der Waals surface area contributed by atoms with Crippen molar-refractivity contribution in [3.05, 3.63) is 48.4 Å². The quantitative estimate of drug-likeness (QED) is 0.738. The highest BCUT2D eigenvalue weighted by molar-refractivity contribution is 7.99. The molecule has 2 aromatic heterocycles. The van der Waals surface area contributed by atoms with Gasteiger partial charge in [0.25, 0.3) is 0 Å². The van der Waals surface area contributed by atoms with Crippen LogP contribution in [-0.2, 0) is 16.4 Å². The Kier molecular flexibility index (Phi) is 5.86. The molecule has 0 aliphatic carbocycles. The molecule has 3 heterocycles. The van der Waals surface area contributed by atoms with E-state index in [0.29, 0.717) is 18.0 Å². The summed E-state index contributed by atoms with van der Waals surface area (Å²) in [5.74, 6) is 0.863. The van der Waals surface area contributed by atoms with Crippen LogP contribution in [0, 0.1) is 0 Å². The van der Waals surface area contributed by atoms with Gasteiger partial charge >= 0.3 is 0 Å². The smallest absolute Gasteiger partial charge is 0.244 e. The fraction of sp³-hybridized carbons (Fsp3) is 0.412. The molecule has 3 rings (SSSR count). The maximum absolute atomic E-state index is 12.6. The van der Waals surface area contributed by atoms with Crippen molar-refractivity contribution in [2.75, 3.05) is 18.8 Å². The van der Waals surface area contributed by atoms with Crippen LogP contribution in [0.25, 0.3) is 0 Å². The summed E-state index contributed by atoms with van der Waals surface area (Å²) in [6.45, 7) is 1.23. The number of rotatable bonds is 6. The number of sulfonamides is 1. The lowest BCUT2D eigenvalue weighted by Gasteiger charge is -2.25. The number of hydrogen-bond donors (Lipinski definition) is 0. The van der Waals surface area contributed by atoms with Gasteiger partial charge in [-0.15, -0.1) is 11.8 Å². The monoisotopic (exact) mass is 363 g/mol. The van der Waals surface area contributed by atoms with E-state index in [1.54, 1.807) is 34.4 Å². The van der Waals surface area contributed by atoms with Gasteiger partial charge in [-0.3, -0.25) is 4.98 Å². The van der Waals surface area contributed by atoms with Crippen LogP contribution in [0.1, 0.15) is 25.0 Å². The van der Waals surface area contributed by atoms with Gasteiger partial charge in [0.1, 0.15) is 4.90 Å². The molecule has 0 radical (unpaired) electrons. The van der Waals surface area contributed by atoms with E-state index in [1.165, 1.54) is 6.20 Å². The van der Waals surface area contributed by atoms with Crippen LogP contribution < -0.4 is 0 Å². The molecule has 1 fully saturated rings. The van der Waals surface area contributed by atoms with E-state index in [0.717, 1.165) is 42.2 Å². The Labute approximate surface area is 147 Å². The molecule has 0 N–H and O–H groups in total. The first-order chi connectivity index (χ1) is 11.7. The van der Waals surface area contributed by atoms with Gasteiger partial charge in [-0.05, 0) is 43.5 Å². The third kappa shape index (κ3) is 4.34. The molecule has 0 atom stereocenters. The zero-order valence-corrected chi connectivity index (χ0v) is 15.1. The fourth-order valence-electron chi connectivity index (χ4n) is 2.67. The van der Waals surface area contributed by atoms with E-state index in [1.807, 2.05) is 18.2 Å². The van der Waals surface area contributed by atoms with Gasteiger partial charge < -0.3 is 0 Å². The van der Waals surface area contributed by atoms with E-state index < -0.39 is 10.0 Å². The van der Waals surface area contributed by atoms with Gasteiger partial charge in [0.05, 0.1) is 5.03 Å². The maximum atomic E-state index is 12.6. The molecule has 0 bridgehead atoms. The Morgan fingerprint density at radius 2 is 1.88 bits per heavy atom. The molecule has 0 spiro atoms. The Balaban J connectivity index is 1.58. The number of hydrogen-bond acceptors (Lipinski definition) is 5. The minimum atomic E-state index is -3.39. The lowest BCUT2D eigenvalue weighted by molar-refractivity contribution is 0.346. The van der Waals surface area contributed by atoms with Crippen LogP contribution in [0.4, 0.5) is 0 Å². The molecule has 7 heteroatoms. The van der Waals surface area contributed by atoms with Crippen LogP contribution in [0.3, 0.4) is 0 Å². The third-order valence-electron chi connectivity index (χ3n) is 4.00. The molecule has 1 saturated heterocycles. The van der Waals surface area contributed by atoms with Gasteiger partial charge in [-0.25, -0.2) is 13.4 Å². The highest BCUT2D eigenvalue weighted by atomic mass is 32.2. The lowest BCUT2D eigenvalue weighted by atomic mass is 10.2. The van der Waals surface area contributed by atoms with E-state index in [2.05, 4.69) is 9.97 Å². The first-order valence-corrected chi connectivity index (χ1v) is 10.6. The normalized spacial score (nSPS) is 16.2. The van der Waals surface area contributed by atoms with E-state index in [-0.39, 0.29) is 0 Å².